The first-order chi connectivity index (χ1) is 33.6. The number of nitrogens with one attached hydrogen (secondary N) is 4. The Morgan fingerprint density at radius 2 is 1.64 bits per heavy atom. The third-order valence-electron chi connectivity index (χ3n) is 11.2. The topological polar surface area (TPSA) is 240 Å². The van der Waals surface area contributed by atoms with Crippen molar-refractivity contribution in [3.63, 3.8) is 0 Å². The number of carbonyl (C=O) groups is 5. The van der Waals surface area contributed by atoms with Crippen molar-refractivity contribution in [2.75, 3.05) is 91.9 Å². The van der Waals surface area contributed by atoms with Crippen molar-refractivity contribution in [2.24, 2.45) is 10.8 Å². The smallest absolute Gasteiger partial charge is 0.264 e. The Balaban J connectivity index is 0.925. The van der Waals surface area contributed by atoms with Gasteiger partial charge < -0.3 is 55.1 Å². The maximum atomic E-state index is 13.2. The number of hydrazone groups is 1. The summed E-state index contributed by atoms with van der Waals surface area (Å²) < 4.78 is 28.4. The van der Waals surface area contributed by atoms with Gasteiger partial charge in [-0.15, -0.1) is 0 Å². The number of piperidine rings is 1. The molecule has 0 aliphatic carbocycles. The highest BCUT2D eigenvalue weighted by Gasteiger charge is 2.42. The van der Waals surface area contributed by atoms with Gasteiger partial charge in [-0.2, -0.15) is 5.10 Å². The third-order valence-corrected chi connectivity index (χ3v) is 11.2. The van der Waals surface area contributed by atoms with Crippen LogP contribution >= 0.6 is 0 Å². The molecule has 3 heterocycles. The number of anilines is 1. The van der Waals surface area contributed by atoms with Crippen LogP contribution in [-0.4, -0.2) is 155 Å². The quantitative estimate of drug-likeness (QED) is 0.0194. The molecule has 6 N–H and O–H groups in total. The second-order valence-electron chi connectivity index (χ2n) is 15.9. The lowest BCUT2D eigenvalue weighted by atomic mass is 10.0. The third kappa shape index (κ3) is 14.8. The summed E-state index contributed by atoms with van der Waals surface area (Å²) in [7, 11) is 3.18. The van der Waals surface area contributed by atoms with Gasteiger partial charge in [-0.3, -0.25) is 29.5 Å². The maximum Gasteiger partial charge on any atom is 0.264 e. The summed E-state index contributed by atoms with van der Waals surface area (Å²) in [6.07, 6.45) is 13.2. The molecule has 1 saturated heterocycles. The molecule has 0 saturated carbocycles. The van der Waals surface area contributed by atoms with Crippen molar-refractivity contribution in [3.8, 4) is 5.75 Å². The van der Waals surface area contributed by atoms with Crippen LogP contribution in [0.5, 0.6) is 5.75 Å². The van der Waals surface area contributed by atoms with E-state index in [0.29, 0.717) is 119 Å². The van der Waals surface area contributed by atoms with E-state index in [2.05, 4.69) is 22.5 Å². The molecule has 19 heteroatoms. The fraction of sp³-hybridized carbons (Fsp3) is 0.420. The van der Waals surface area contributed by atoms with Crippen molar-refractivity contribution in [3.05, 3.63) is 119 Å². The van der Waals surface area contributed by atoms with Gasteiger partial charge in [0.1, 0.15) is 29.3 Å². The number of aldehydes is 1. The van der Waals surface area contributed by atoms with E-state index in [-0.39, 0.29) is 47.7 Å². The number of likely N-dealkylation sites (tertiary alicyclic amines) is 1. The average molecular weight is 952 g/mol. The van der Waals surface area contributed by atoms with Crippen LogP contribution in [0, 0.1) is 5.41 Å². The maximum absolute atomic E-state index is 13.2. The molecular formula is C50H65N9O10. The van der Waals surface area contributed by atoms with Gasteiger partial charge in [-0.25, -0.2) is 5.01 Å². The highest BCUT2D eigenvalue weighted by Crippen LogP contribution is 2.32. The monoisotopic (exact) mass is 951 g/mol. The first-order valence-electron chi connectivity index (χ1n) is 23.1. The number of imide groups is 1. The lowest BCUT2D eigenvalue weighted by molar-refractivity contribution is -0.127. The normalized spacial score (nSPS) is 17.3. The summed E-state index contributed by atoms with van der Waals surface area (Å²) in [6.45, 7) is 10.0. The van der Waals surface area contributed by atoms with Gasteiger partial charge in [0.15, 0.2) is 5.84 Å². The molecule has 0 bridgehead atoms. The van der Waals surface area contributed by atoms with Gasteiger partial charge in [0.05, 0.1) is 81.6 Å². The Kier molecular flexibility index (Phi) is 21.3. The van der Waals surface area contributed by atoms with E-state index in [1.807, 2.05) is 43.3 Å². The fourth-order valence-corrected chi connectivity index (χ4v) is 7.73. The largest absolute Gasteiger partial charge is 0.457 e. The molecule has 2 atom stereocenters. The second-order valence-corrected chi connectivity index (χ2v) is 15.9. The number of hydrogen-bond acceptors (Lipinski definition) is 15. The minimum atomic E-state index is -1.05. The van der Waals surface area contributed by atoms with Crippen LogP contribution in [0.25, 0.3) is 0 Å². The number of fused-ring (bicyclic) bond motifs is 1. The molecule has 5 rings (SSSR count). The van der Waals surface area contributed by atoms with Crippen LogP contribution < -0.4 is 26.4 Å². The molecule has 4 amide bonds. The number of carbonyl (C=O) groups excluding carboxylic acids is 5. The molecule has 370 valence electrons. The number of rotatable bonds is 29. The molecule has 3 aliphatic heterocycles. The second kappa shape index (κ2) is 27.8. The molecule has 2 aromatic carbocycles. The predicted octanol–water partition coefficient (Wildman–Crippen LogP) is 3.90. The number of amidine groups is 1. The first-order valence-corrected chi connectivity index (χ1v) is 23.1. The zero-order valence-corrected chi connectivity index (χ0v) is 39.7. The molecule has 19 nitrogen and oxygen atoms in total. The Labute approximate surface area is 403 Å². The first kappa shape index (κ1) is 53.0. The van der Waals surface area contributed by atoms with Crippen molar-refractivity contribution in [1.82, 2.24) is 25.4 Å². The van der Waals surface area contributed by atoms with Gasteiger partial charge in [-0.05, 0) is 87.2 Å². The average Bonchev–Trinajstić information content (AvgIpc) is 3.84. The Morgan fingerprint density at radius 3 is 2.29 bits per heavy atom. The lowest BCUT2D eigenvalue weighted by Crippen LogP contribution is -2.48. The molecule has 0 radical (unpaired) electrons. The van der Waals surface area contributed by atoms with E-state index in [4.69, 9.17) is 39.9 Å². The zero-order valence-electron chi connectivity index (χ0n) is 39.7. The van der Waals surface area contributed by atoms with Crippen molar-refractivity contribution in [1.29, 1.82) is 5.41 Å². The van der Waals surface area contributed by atoms with Crippen LogP contribution in [0.4, 0.5) is 5.69 Å². The molecule has 69 heavy (non-hydrogen) atoms. The molecule has 0 aromatic heterocycles. The van der Waals surface area contributed by atoms with Gasteiger partial charge in [0.25, 0.3) is 11.8 Å². The predicted molar refractivity (Wildman–Crippen MR) is 262 cm³/mol. The fourth-order valence-electron chi connectivity index (χ4n) is 7.73. The van der Waals surface area contributed by atoms with Crippen LogP contribution in [-0.2, 0) is 33.3 Å². The molecule has 1 fully saturated rings. The lowest BCUT2D eigenvalue weighted by Gasteiger charge is -2.36. The van der Waals surface area contributed by atoms with E-state index < -0.39 is 17.9 Å². The van der Waals surface area contributed by atoms with Crippen LogP contribution in [0.3, 0.4) is 0 Å². The minimum absolute atomic E-state index is 0.00189. The summed E-state index contributed by atoms with van der Waals surface area (Å²) in [6, 6.07) is 11.1. The van der Waals surface area contributed by atoms with Crippen LogP contribution in [0.1, 0.15) is 65.3 Å². The van der Waals surface area contributed by atoms with E-state index >= 15 is 0 Å². The van der Waals surface area contributed by atoms with Crippen molar-refractivity contribution < 1.29 is 47.7 Å². The number of nitrogens with two attached hydrogens (primary N) is 1. The number of benzene rings is 2. The molecule has 2 unspecified atom stereocenters. The summed E-state index contributed by atoms with van der Waals surface area (Å²) in [5, 5.41) is 24.2. The Hall–Kier alpha value is -6.93. The SMILES string of the molecule is C=C/C=C(\C=C/C)Oc1ccc(C2=NN(C3CCCN(C(=O)/C=C/CCOCCOCCOCCOCCNc4cccc5c4C(=O)N(C(C=O)CCC(=O)NC)C5=O)C3)C(=N)/C2=C(/N)NC)cc1. The zero-order chi connectivity index (χ0) is 49.5. The number of allylic oxidation sites excluding steroid dienone is 4. The summed E-state index contributed by atoms with van der Waals surface area (Å²) in [5.41, 5.74) is 9.05. The highest BCUT2D eigenvalue weighted by atomic mass is 16.6. The van der Waals surface area contributed by atoms with E-state index in [0.717, 1.165) is 23.3 Å². The molecule has 2 aromatic rings. The summed E-state index contributed by atoms with van der Waals surface area (Å²) in [5.74, 6) is 0.238. The Morgan fingerprint density at radius 1 is 0.942 bits per heavy atom. The summed E-state index contributed by atoms with van der Waals surface area (Å²) >= 11 is 0. The van der Waals surface area contributed by atoms with Gasteiger partial charge in [-0.1, -0.05) is 30.9 Å². The standard InChI is InChI=1S/C50H65N9O10/c1-5-11-38(12-6-2)69-39-20-17-35(18-21-39)46-45(47(51)54-4)48(52)59(56-46)36-13-10-24-57(33-36)43(62)16-7-8-25-65-27-29-67-31-32-68-30-28-66-26-23-55-41-15-9-14-40-44(41)50(64)58(49(40)63)37(34-60)19-22-42(61)53-3/h5-7,9,11-12,14-18,20-21,34,36-37,52,54-55H,1,8,10,13,19,22-33,51H2,2-4H3,(H,53,61)/b12-6-,16-7+,38-11+,47-45-,52-48?. The van der Waals surface area contributed by atoms with Gasteiger partial charge in [0, 0.05) is 51.4 Å². The van der Waals surface area contributed by atoms with Crippen molar-refractivity contribution in [2.45, 2.75) is 51.1 Å². The highest BCUT2D eigenvalue weighted by molar-refractivity contribution is 6.32. The van der Waals surface area contributed by atoms with Crippen molar-refractivity contribution >= 4 is 47.1 Å². The summed E-state index contributed by atoms with van der Waals surface area (Å²) in [4.78, 5) is 65.6. The molecule has 0 spiro atoms. The number of nitrogens with zero attached hydrogens (tertiary/aromatic N) is 4. The number of ether oxygens (including phenoxy) is 5. The number of hydrogen-bond donors (Lipinski definition) is 5. The van der Waals surface area contributed by atoms with E-state index in [1.54, 1.807) is 59.5 Å². The van der Waals surface area contributed by atoms with E-state index in [9.17, 15) is 24.0 Å². The van der Waals surface area contributed by atoms with Gasteiger partial charge >= 0.3 is 0 Å². The van der Waals surface area contributed by atoms with Crippen LogP contribution in [0.15, 0.2) is 108 Å². The molecule has 3 aliphatic rings. The Bertz CT molecular complexity index is 2290. The van der Waals surface area contributed by atoms with E-state index in [1.165, 1.54) is 7.05 Å². The van der Waals surface area contributed by atoms with Crippen LogP contribution in [0.2, 0.25) is 0 Å². The minimum Gasteiger partial charge on any atom is -0.457 e. The number of amides is 4. The van der Waals surface area contributed by atoms with Gasteiger partial charge in [0.2, 0.25) is 11.8 Å². The molecular weight excluding hydrogens is 887 g/mol.